The Bertz CT molecular complexity index is 334. The molecule has 0 atom stereocenters. The van der Waals surface area contributed by atoms with Crippen LogP contribution in [0.4, 0.5) is 0 Å². The second kappa shape index (κ2) is 6.82. The average molecular weight is 206 g/mol. The molecule has 0 aliphatic heterocycles. The lowest BCUT2D eigenvalue weighted by Crippen LogP contribution is -2.13. The molecule has 0 aromatic heterocycles. The lowest BCUT2D eigenvalue weighted by molar-refractivity contribution is 0.0463. The van der Waals surface area contributed by atoms with Crippen molar-refractivity contribution in [2.45, 2.75) is 13.5 Å². The van der Waals surface area contributed by atoms with E-state index in [-0.39, 0.29) is 6.61 Å². The summed E-state index contributed by atoms with van der Waals surface area (Å²) >= 11 is 0. The van der Waals surface area contributed by atoms with E-state index in [9.17, 15) is 0 Å². The molecule has 0 bridgehead atoms. The molecular weight excluding hydrogens is 192 g/mol. The molecule has 0 aliphatic carbocycles. The fraction of sp³-hybridized carbons (Fsp3) is 0.364. The van der Waals surface area contributed by atoms with E-state index in [1.54, 1.807) is 0 Å². The molecule has 1 rings (SSSR count). The van der Waals surface area contributed by atoms with Crippen LogP contribution in [0.2, 0.25) is 0 Å². The number of ether oxygens (including phenoxy) is 1. The minimum Gasteiger partial charge on any atom is -0.479 e. The van der Waals surface area contributed by atoms with Crippen LogP contribution in [0, 0.1) is 11.3 Å². The Balaban J connectivity index is 2.47. The summed E-state index contributed by atoms with van der Waals surface area (Å²) in [6.07, 6.45) is 0. The van der Waals surface area contributed by atoms with Crippen LogP contribution in [0.15, 0.2) is 24.3 Å². The summed E-state index contributed by atoms with van der Waals surface area (Å²) in [6, 6.07) is 9.47. The molecule has 0 amide bonds. The van der Waals surface area contributed by atoms with Crippen molar-refractivity contribution < 1.29 is 9.57 Å². The molecule has 0 unspecified atom stereocenters. The van der Waals surface area contributed by atoms with Gasteiger partial charge in [-0.1, -0.05) is 12.1 Å². The van der Waals surface area contributed by atoms with Gasteiger partial charge < -0.3 is 9.57 Å². The minimum absolute atomic E-state index is 0.0718. The molecule has 4 heteroatoms. The van der Waals surface area contributed by atoms with Crippen molar-refractivity contribution in [2.75, 3.05) is 13.2 Å². The Morgan fingerprint density at radius 1 is 1.47 bits per heavy atom. The Kier molecular flexibility index (Phi) is 5.23. The maximum atomic E-state index is 8.36. The number of nitrogens with zero attached hydrogens (tertiary/aromatic N) is 1. The SMILES string of the molecule is CCONCc1cccc(OCC#N)c1. The van der Waals surface area contributed by atoms with Gasteiger partial charge in [0.05, 0.1) is 6.61 Å². The van der Waals surface area contributed by atoms with Crippen LogP contribution < -0.4 is 10.2 Å². The third kappa shape index (κ3) is 4.45. The normalized spacial score (nSPS) is 9.60. The lowest BCUT2D eigenvalue weighted by atomic mass is 10.2. The average Bonchev–Trinajstić information content (AvgIpc) is 2.27. The molecule has 1 N–H and O–H groups in total. The molecule has 0 heterocycles. The highest BCUT2D eigenvalue weighted by Crippen LogP contribution is 2.12. The fourth-order valence-corrected chi connectivity index (χ4v) is 1.10. The highest BCUT2D eigenvalue weighted by atomic mass is 16.6. The zero-order valence-corrected chi connectivity index (χ0v) is 8.69. The van der Waals surface area contributed by atoms with Crippen molar-refractivity contribution in [3.05, 3.63) is 29.8 Å². The Morgan fingerprint density at radius 2 is 2.33 bits per heavy atom. The monoisotopic (exact) mass is 206 g/mol. The minimum atomic E-state index is 0.0718. The maximum absolute atomic E-state index is 8.36. The van der Waals surface area contributed by atoms with Gasteiger partial charge in [-0.3, -0.25) is 0 Å². The molecule has 0 spiro atoms. The number of nitrogens with one attached hydrogen (secondary N) is 1. The van der Waals surface area contributed by atoms with E-state index in [2.05, 4.69) is 5.48 Å². The molecular formula is C11H14N2O2. The van der Waals surface area contributed by atoms with Gasteiger partial charge in [-0.05, 0) is 24.6 Å². The third-order valence-corrected chi connectivity index (χ3v) is 1.72. The van der Waals surface area contributed by atoms with E-state index in [1.165, 1.54) is 0 Å². The Hall–Kier alpha value is -1.57. The van der Waals surface area contributed by atoms with E-state index in [4.69, 9.17) is 14.8 Å². The van der Waals surface area contributed by atoms with Crippen LogP contribution in [0.3, 0.4) is 0 Å². The van der Waals surface area contributed by atoms with Gasteiger partial charge in [-0.2, -0.15) is 10.7 Å². The fourth-order valence-electron chi connectivity index (χ4n) is 1.10. The molecule has 0 fully saturated rings. The summed E-state index contributed by atoms with van der Waals surface area (Å²) in [7, 11) is 0. The smallest absolute Gasteiger partial charge is 0.174 e. The number of hydroxylamine groups is 1. The van der Waals surface area contributed by atoms with Crippen LogP contribution in [-0.2, 0) is 11.4 Å². The Morgan fingerprint density at radius 3 is 3.07 bits per heavy atom. The van der Waals surface area contributed by atoms with Crippen LogP contribution in [-0.4, -0.2) is 13.2 Å². The Labute approximate surface area is 89.4 Å². The van der Waals surface area contributed by atoms with Gasteiger partial charge in [0.15, 0.2) is 6.61 Å². The lowest BCUT2D eigenvalue weighted by Gasteiger charge is -2.06. The zero-order valence-electron chi connectivity index (χ0n) is 8.69. The molecule has 4 nitrogen and oxygen atoms in total. The van der Waals surface area contributed by atoms with Gasteiger partial charge in [0.1, 0.15) is 11.8 Å². The van der Waals surface area contributed by atoms with Crippen molar-refractivity contribution >= 4 is 0 Å². The van der Waals surface area contributed by atoms with Gasteiger partial charge in [0, 0.05) is 6.54 Å². The molecule has 80 valence electrons. The number of rotatable bonds is 6. The van der Waals surface area contributed by atoms with E-state index in [0.717, 1.165) is 5.56 Å². The summed E-state index contributed by atoms with van der Waals surface area (Å²) in [5.74, 6) is 0.701. The van der Waals surface area contributed by atoms with Crippen molar-refractivity contribution in [3.63, 3.8) is 0 Å². The first kappa shape index (κ1) is 11.5. The van der Waals surface area contributed by atoms with Gasteiger partial charge in [0.25, 0.3) is 0 Å². The van der Waals surface area contributed by atoms with Crippen LogP contribution in [0.25, 0.3) is 0 Å². The van der Waals surface area contributed by atoms with Gasteiger partial charge in [0.2, 0.25) is 0 Å². The predicted octanol–water partition coefficient (Wildman–Crippen LogP) is 1.63. The summed E-state index contributed by atoms with van der Waals surface area (Å²) in [5.41, 5.74) is 3.87. The molecule has 0 aliphatic rings. The second-order valence-electron chi connectivity index (χ2n) is 2.85. The molecule has 0 radical (unpaired) electrons. The highest BCUT2D eigenvalue weighted by Gasteiger charge is 1.96. The van der Waals surface area contributed by atoms with Crippen molar-refractivity contribution in [2.24, 2.45) is 0 Å². The topological polar surface area (TPSA) is 54.3 Å². The van der Waals surface area contributed by atoms with Crippen molar-refractivity contribution in [1.29, 1.82) is 5.26 Å². The third-order valence-electron chi connectivity index (χ3n) is 1.72. The molecule has 0 saturated carbocycles. The number of hydrogen-bond donors (Lipinski definition) is 1. The van der Waals surface area contributed by atoms with E-state index in [1.807, 2.05) is 37.3 Å². The molecule has 1 aromatic carbocycles. The van der Waals surface area contributed by atoms with Crippen LogP contribution in [0.5, 0.6) is 5.75 Å². The summed E-state index contributed by atoms with van der Waals surface area (Å²) in [4.78, 5) is 5.02. The number of benzene rings is 1. The first-order chi connectivity index (χ1) is 7.36. The predicted molar refractivity (Wildman–Crippen MR) is 56.0 cm³/mol. The van der Waals surface area contributed by atoms with Crippen molar-refractivity contribution in [1.82, 2.24) is 5.48 Å². The standard InChI is InChI=1S/C11H14N2O2/c1-2-15-13-9-10-4-3-5-11(8-10)14-7-6-12/h3-5,8,13H,2,7,9H2,1H3. The van der Waals surface area contributed by atoms with Gasteiger partial charge >= 0.3 is 0 Å². The maximum Gasteiger partial charge on any atom is 0.174 e. The first-order valence-corrected chi connectivity index (χ1v) is 4.80. The quantitative estimate of drug-likeness (QED) is 0.567. The van der Waals surface area contributed by atoms with Gasteiger partial charge in [-0.15, -0.1) is 0 Å². The molecule has 0 saturated heterocycles. The number of nitriles is 1. The second-order valence-corrected chi connectivity index (χ2v) is 2.85. The van der Waals surface area contributed by atoms with Crippen LogP contribution in [0.1, 0.15) is 12.5 Å². The van der Waals surface area contributed by atoms with E-state index < -0.39 is 0 Å². The molecule has 15 heavy (non-hydrogen) atoms. The first-order valence-electron chi connectivity index (χ1n) is 4.80. The summed E-state index contributed by atoms with van der Waals surface area (Å²) < 4.78 is 5.17. The largest absolute Gasteiger partial charge is 0.479 e. The summed E-state index contributed by atoms with van der Waals surface area (Å²) in [6.45, 7) is 3.24. The zero-order chi connectivity index (χ0) is 10.9. The van der Waals surface area contributed by atoms with E-state index >= 15 is 0 Å². The van der Waals surface area contributed by atoms with Crippen molar-refractivity contribution in [3.8, 4) is 11.8 Å². The van der Waals surface area contributed by atoms with Crippen LogP contribution >= 0.6 is 0 Å². The number of hydrogen-bond acceptors (Lipinski definition) is 4. The van der Waals surface area contributed by atoms with E-state index in [0.29, 0.717) is 18.9 Å². The summed E-state index contributed by atoms with van der Waals surface area (Å²) in [5, 5.41) is 8.36. The van der Waals surface area contributed by atoms with Gasteiger partial charge in [-0.25, -0.2) is 0 Å². The highest BCUT2D eigenvalue weighted by molar-refractivity contribution is 5.28. The molecule has 1 aromatic rings.